The SMILES string of the molecule is Cc1ccccc1CN1CCN([C@H]2CCNC2)C1=O. The van der Waals surface area contributed by atoms with Gasteiger partial charge in [-0.15, -0.1) is 0 Å². The van der Waals surface area contributed by atoms with Crippen molar-refractivity contribution in [2.75, 3.05) is 26.2 Å². The molecule has 1 aromatic rings. The maximum atomic E-state index is 12.4. The lowest BCUT2D eigenvalue weighted by molar-refractivity contribution is 0.178. The maximum absolute atomic E-state index is 12.4. The second kappa shape index (κ2) is 5.21. The quantitative estimate of drug-likeness (QED) is 0.895. The third-order valence-electron chi connectivity index (χ3n) is 4.22. The van der Waals surface area contributed by atoms with Gasteiger partial charge in [-0.25, -0.2) is 4.79 Å². The molecule has 2 saturated heterocycles. The Morgan fingerprint density at radius 3 is 2.89 bits per heavy atom. The monoisotopic (exact) mass is 259 g/mol. The molecule has 0 unspecified atom stereocenters. The number of aryl methyl sites for hydroxylation is 1. The lowest BCUT2D eigenvalue weighted by Gasteiger charge is -2.24. The molecule has 0 bridgehead atoms. The minimum atomic E-state index is 0.206. The van der Waals surface area contributed by atoms with Gasteiger partial charge < -0.3 is 15.1 Å². The second-order valence-electron chi connectivity index (χ2n) is 5.47. The van der Waals surface area contributed by atoms with Gasteiger partial charge in [-0.1, -0.05) is 24.3 Å². The third-order valence-corrected chi connectivity index (χ3v) is 4.22. The number of rotatable bonds is 3. The fourth-order valence-electron chi connectivity index (χ4n) is 2.99. The summed E-state index contributed by atoms with van der Waals surface area (Å²) in [7, 11) is 0. The molecule has 3 rings (SSSR count). The van der Waals surface area contributed by atoms with Crippen molar-refractivity contribution in [3.8, 4) is 0 Å². The van der Waals surface area contributed by atoms with Crippen LogP contribution < -0.4 is 5.32 Å². The molecule has 2 fully saturated rings. The van der Waals surface area contributed by atoms with E-state index < -0.39 is 0 Å². The van der Waals surface area contributed by atoms with Gasteiger partial charge in [0.25, 0.3) is 0 Å². The summed E-state index contributed by atoms with van der Waals surface area (Å²) in [4.78, 5) is 16.4. The minimum absolute atomic E-state index is 0.206. The Labute approximate surface area is 114 Å². The summed E-state index contributed by atoms with van der Waals surface area (Å²) in [6.45, 7) is 6.55. The normalized spacial score (nSPS) is 23.4. The van der Waals surface area contributed by atoms with Gasteiger partial charge in [-0.3, -0.25) is 0 Å². The van der Waals surface area contributed by atoms with Gasteiger partial charge in [0.2, 0.25) is 0 Å². The molecule has 0 aromatic heterocycles. The van der Waals surface area contributed by atoms with Crippen molar-refractivity contribution in [3.05, 3.63) is 35.4 Å². The Morgan fingerprint density at radius 1 is 1.32 bits per heavy atom. The molecule has 1 atom stereocenters. The Kier molecular flexibility index (Phi) is 3.42. The number of amides is 2. The fourth-order valence-corrected chi connectivity index (χ4v) is 2.99. The highest BCUT2D eigenvalue weighted by Gasteiger charge is 2.34. The first kappa shape index (κ1) is 12.5. The van der Waals surface area contributed by atoms with Crippen molar-refractivity contribution in [2.24, 2.45) is 0 Å². The number of nitrogens with zero attached hydrogens (tertiary/aromatic N) is 2. The summed E-state index contributed by atoms with van der Waals surface area (Å²) in [5.41, 5.74) is 2.51. The van der Waals surface area contributed by atoms with E-state index in [1.165, 1.54) is 11.1 Å². The molecule has 2 aliphatic rings. The van der Waals surface area contributed by atoms with E-state index in [-0.39, 0.29) is 6.03 Å². The molecule has 1 aromatic carbocycles. The molecule has 2 amide bonds. The summed E-state index contributed by atoms with van der Waals surface area (Å²) >= 11 is 0. The average molecular weight is 259 g/mol. The van der Waals surface area contributed by atoms with Crippen LogP contribution >= 0.6 is 0 Å². The van der Waals surface area contributed by atoms with E-state index in [1.54, 1.807) is 0 Å². The number of carbonyl (C=O) groups is 1. The molecular formula is C15H21N3O. The number of urea groups is 1. The average Bonchev–Trinajstić information content (AvgIpc) is 3.03. The summed E-state index contributed by atoms with van der Waals surface area (Å²) in [6.07, 6.45) is 1.09. The Bertz CT molecular complexity index is 468. The second-order valence-corrected chi connectivity index (χ2v) is 5.47. The lowest BCUT2D eigenvalue weighted by Crippen LogP contribution is -2.40. The first-order valence-electron chi connectivity index (χ1n) is 7.06. The Hall–Kier alpha value is -1.55. The molecule has 1 N–H and O–H groups in total. The molecular weight excluding hydrogens is 238 g/mol. The molecule has 4 nitrogen and oxygen atoms in total. The zero-order valence-electron chi connectivity index (χ0n) is 11.4. The van der Waals surface area contributed by atoms with Crippen LogP contribution in [0.2, 0.25) is 0 Å². The van der Waals surface area contributed by atoms with E-state index in [1.807, 2.05) is 21.9 Å². The summed E-state index contributed by atoms with van der Waals surface area (Å²) in [5, 5.41) is 3.33. The molecule has 102 valence electrons. The minimum Gasteiger partial charge on any atom is -0.319 e. The van der Waals surface area contributed by atoms with Crippen LogP contribution in [-0.2, 0) is 6.54 Å². The molecule has 0 saturated carbocycles. The highest BCUT2D eigenvalue weighted by Crippen LogP contribution is 2.19. The highest BCUT2D eigenvalue weighted by atomic mass is 16.2. The van der Waals surface area contributed by atoms with Gasteiger partial charge in [0.1, 0.15) is 0 Å². The Balaban J connectivity index is 1.67. The molecule has 0 aliphatic carbocycles. The van der Waals surface area contributed by atoms with Crippen LogP contribution in [0.5, 0.6) is 0 Å². The first-order chi connectivity index (χ1) is 9.25. The number of hydrogen-bond donors (Lipinski definition) is 1. The summed E-state index contributed by atoms with van der Waals surface area (Å²) < 4.78 is 0. The van der Waals surface area contributed by atoms with Crippen LogP contribution in [0.1, 0.15) is 17.5 Å². The van der Waals surface area contributed by atoms with E-state index in [9.17, 15) is 4.79 Å². The predicted molar refractivity (Wildman–Crippen MR) is 75.0 cm³/mol. The smallest absolute Gasteiger partial charge is 0.319 e. The van der Waals surface area contributed by atoms with Crippen molar-refractivity contribution < 1.29 is 4.79 Å². The predicted octanol–water partition coefficient (Wildman–Crippen LogP) is 1.59. The topological polar surface area (TPSA) is 35.6 Å². The van der Waals surface area contributed by atoms with Gasteiger partial charge in [0.05, 0.1) is 0 Å². The zero-order valence-corrected chi connectivity index (χ0v) is 11.4. The number of benzene rings is 1. The van der Waals surface area contributed by atoms with Crippen LogP contribution in [0.15, 0.2) is 24.3 Å². The maximum Gasteiger partial charge on any atom is 0.320 e. The van der Waals surface area contributed by atoms with Gasteiger partial charge in [0, 0.05) is 32.2 Å². The lowest BCUT2D eigenvalue weighted by atomic mass is 10.1. The van der Waals surface area contributed by atoms with Gasteiger partial charge in [-0.2, -0.15) is 0 Å². The van der Waals surface area contributed by atoms with Crippen LogP contribution in [-0.4, -0.2) is 48.1 Å². The van der Waals surface area contributed by atoms with E-state index in [0.717, 1.165) is 39.1 Å². The van der Waals surface area contributed by atoms with E-state index in [0.29, 0.717) is 6.04 Å². The molecule has 0 radical (unpaired) electrons. The highest BCUT2D eigenvalue weighted by molar-refractivity contribution is 5.77. The van der Waals surface area contributed by atoms with Crippen LogP contribution in [0.4, 0.5) is 4.79 Å². The molecule has 19 heavy (non-hydrogen) atoms. The van der Waals surface area contributed by atoms with Crippen molar-refractivity contribution in [3.63, 3.8) is 0 Å². The van der Waals surface area contributed by atoms with E-state index in [4.69, 9.17) is 0 Å². The van der Waals surface area contributed by atoms with Gasteiger partial charge >= 0.3 is 6.03 Å². The number of hydrogen-bond acceptors (Lipinski definition) is 2. The van der Waals surface area contributed by atoms with Gasteiger partial charge in [-0.05, 0) is 31.0 Å². The Morgan fingerprint density at radius 2 is 2.16 bits per heavy atom. The molecule has 4 heteroatoms. The first-order valence-corrected chi connectivity index (χ1v) is 7.06. The van der Waals surface area contributed by atoms with Crippen LogP contribution in [0, 0.1) is 6.92 Å². The molecule has 0 spiro atoms. The van der Waals surface area contributed by atoms with E-state index >= 15 is 0 Å². The van der Waals surface area contributed by atoms with Crippen molar-refractivity contribution in [1.82, 2.24) is 15.1 Å². The summed E-state index contributed by atoms with van der Waals surface area (Å²) in [6, 6.07) is 8.91. The summed E-state index contributed by atoms with van der Waals surface area (Å²) in [5.74, 6) is 0. The zero-order chi connectivity index (χ0) is 13.2. The van der Waals surface area contributed by atoms with Gasteiger partial charge in [0.15, 0.2) is 0 Å². The van der Waals surface area contributed by atoms with Crippen LogP contribution in [0.3, 0.4) is 0 Å². The number of nitrogens with one attached hydrogen (secondary N) is 1. The molecule has 2 heterocycles. The van der Waals surface area contributed by atoms with E-state index in [2.05, 4.69) is 24.4 Å². The largest absolute Gasteiger partial charge is 0.320 e. The van der Waals surface area contributed by atoms with Crippen molar-refractivity contribution in [1.29, 1.82) is 0 Å². The molecule has 2 aliphatic heterocycles. The number of carbonyl (C=O) groups excluding carboxylic acids is 1. The van der Waals surface area contributed by atoms with Crippen LogP contribution in [0.25, 0.3) is 0 Å². The van der Waals surface area contributed by atoms with Crippen molar-refractivity contribution >= 4 is 6.03 Å². The fraction of sp³-hybridized carbons (Fsp3) is 0.533. The van der Waals surface area contributed by atoms with Crippen molar-refractivity contribution in [2.45, 2.75) is 25.9 Å². The third kappa shape index (κ3) is 2.45. The standard InChI is InChI=1S/C15H21N3O/c1-12-4-2-3-5-13(12)11-17-8-9-18(15(17)19)14-6-7-16-10-14/h2-5,14,16H,6-11H2,1H3/t14-/m0/s1.